The first-order chi connectivity index (χ1) is 6.59. The zero-order valence-electron chi connectivity index (χ0n) is 8.13. The number of halogens is 2. The number of hydrogen-bond donors (Lipinski definition) is 0. The van der Waals surface area contributed by atoms with Crippen LogP contribution in [-0.4, -0.2) is 10.3 Å². The molecule has 0 saturated carbocycles. The van der Waals surface area contributed by atoms with E-state index in [0.717, 1.165) is 21.9 Å². The Labute approximate surface area is 102 Å². The van der Waals surface area contributed by atoms with E-state index in [0.29, 0.717) is 0 Å². The van der Waals surface area contributed by atoms with Gasteiger partial charge in [0.05, 0.1) is 0 Å². The van der Waals surface area contributed by atoms with Gasteiger partial charge in [-0.2, -0.15) is 0 Å². The van der Waals surface area contributed by atoms with E-state index in [-0.39, 0.29) is 5.41 Å². The van der Waals surface area contributed by atoms with Crippen molar-refractivity contribution in [1.82, 2.24) is 4.98 Å². The van der Waals surface area contributed by atoms with Gasteiger partial charge in [0, 0.05) is 27.1 Å². The largest absolute Gasteiger partial charge is 0.260 e. The van der Waals surface area contributed by atoms with E-state index < -0.39 is 0 Å². The Hall–Kier alpha value is -0.150. The molecule has 3 heteroatoms. The highest BCUT2D eigenvalue weighted by molar-refractivity contribution is 9.10. The number of pyridine rings is 1. The molecule has 0 spiro atoms. The van der Waals surface area contributed by atoms with Crippen molar-refractivity contribution in [1.29, 1.82) is 0 Å². The molecule has 1 heterocycles. The van der Waals surface area contributed by atoms with E-state index >= 15 is 0 Å². The minimum absolute atomic E-state index is 0.0842. The molecule has 0 aliphatic heterocycles. The van der Waals surface area contributed by atoms with E-state index in [1.165, 1.54) is 0 Å². The molecule has 0 N–H and O–H groups in total. The summed E-state index contributed by atoms with van der Waals surface area (Å²) < 4.78 is 1.01. The van der Waals surface area contributed by atoms with Gasteiger partial charge in [-0.3, -0.25) is 4.98 Å². The predicted molar refractivity (Wildman–Crippen MR) is 67.7 cm³/mol. The summed E-state index contributed by atoms with van der Waals surface area (Å²) in [5, 5.41) is 0.904. The van der Waals surface area contributed by atoms with Crippen molar-refractivity contribution < 1.29 is 0 Å². The first-order valence-corrected chi connectivity index (χ1v) is 6.31. The fourth-order valence-corrected chi connectivity index (χ4v) is 1.76. The zero-order valence-corrected chi connectivity index (χ0v) is 11.3. The topological polar surface area (TPSA) is 12.9 Å². The van der Waals surface area contributed by atoms with E-state index in [2.05, 4.69) is 50.3 Å². The molecule has 0 saturated heterocycles. The number of hydrogen-bond acceptors (Lipinski definition) is 1. The number of aromatic nitrogens is 1. The molecule has 14 heavy (non-hydrogen) atoms. The highest BCUT2D eigenvalue weighted by atomic mass is 79.9. The summed E-state index contributed by atoms with van der Waals surface area (Å²) in [5.74, 6) is 0. The normalized spacial score (nSPS) is 14.8. The smallest absolute Gasteiger partial charge is 0.0413 e. The van der Waals surface area contributed by atoms with Crippen LogP contribution in [0.4, 0.5) is 0 Å². The van der Waals surface area contributed by atoms with Crippen LogP contribution in [-0.2, 0) is 6.42 Å². The third kappa shape index (κ3) is 3.21. The number of rotatable bonds is 4. The molecular formula is C11H13Br2N. The quantitative estimate of drug-likeness (QED) is 0.604. The Bertz CT molecular complexity index is 308. The molecule has 1 atom stereocenters. The van der Waals surface area contributed by atoms with E-state index in [4.69, 9.17) is 0 Å². The average Bonchev–Trinajstić information content (AvgIpc) is 2.21. The maximum Gasteiger partial charge on any atom is 0.0413 e. The van der Waals surface area contributed by atoms with Gasteiger partial charge in [-0.15, -0.1) is 6.58 Å². The van der Waals surface area contributed by atoms with Crippen molar-refractivity contribution in [2.24, 2.45) is 5.41 Å². The second-order valence-corrected chi connectivity index (χ2v) is 5.11. The third-order valence-corrected chi connectivity index (χ3v) is 3.92. The van der Waals surface area contributed by atoms with Crippen LogP contribution in [0.3, 0.4) is 0 Å². The standard InChI is InChI=1S/C11H13Br2N/c1-3-11(2,8-12)6-10-5-4-9(13)7-14-10/h3-5,7H,1,6,8H2,2H3. The lowest BCUT2D eigenvalue weighted by atomic mass is 9.88. The molecule has 0 aliphatic rings. The Morgan fingerprint density at radius 3 is 2.71 bits per heavy atom. The summed E-state index contributed by atoms with van der Waals surface area (Å²) in [5.41, 5.74) is 1.18. The average molecular weight is 319 g/mol. The molecule has 1 aromatic rings. The second-order valence-electron chi connectivity index (χ2n) is 3.64. The molecule has 1 nitrogen and oxygen atoms in total. The van der Waals surface area contributed by atoms with Crippen LogP contribution in [0.15, 0.2) is 35.5 Å². The van der Waals surface area contributed by atoms with Crippen molar-refractivity contribution in [2.75, 3.05) is 5.33 Å². The Balaban J connectivity index is 2.77. The fraction of sp³-hybridized carbons (Fsp3) is 0.364. The fourth-order valence-electron chi connectivity index (χ4n) is 1.10. The van der Waals surface area contributed by atoms with Gasteiger partial charge in [-0.25, -0.2) is 0 Å². The van der Waals surface area contributed by atoms with E-state index in [1.54, 1.807) is 0 Å². The van der Waals surface area contributed by atoms with Crippen LogP contribution in [0.5, 0.6) is 0 Å². The van der Waals surface area contributed by atoms with E-state index in [9.17, 15) is 0 Å². The van der Waals surface area contributed by atoms with Gasteiger partial charge >= 0.3 is 0 Å². The Morgan fingerprint density at radius 2 is 2.29 bits per heavy atom. The van der Waals surface area contributed by atoms with E-state index in [1.807, 2.05) is 24.4 Å². The van der Waals surface area contributed by atoms with Gasteiger partial charge in [0.15, 0.2) is 0 Å². The van der Waals surface area contributed by atoms with Crippen LogP contribution in [0.1, 0.15) is 12.6 Å². The number of alkyl halides is 1. The minimum Gasteiger partial charge on any atom is -0.260 e. The van der Waals surface area contributed by atoms with Gasteiger partial charge < -0.3 is 0 Å². The van der Waals surface area contributed by atoms with Crippen molar-refractivity contribution in [3.05, 3.63) is 41.2 Å². The summed E-state index contributed by atoms with van der Waals surface area (Å²) in [6, 6.07) is 4.05. The summed E-state index contributed by atoms with van der Waals surface area (Å²) in [4.78, 5) is 4.34. The lowest BCUT2D eigenvalue weighted by molar-refractivity contribution is 0.487. The van der Waals surface area contributed by atoms with Gasteiger partial charge in [0.2, 0.25) is 0 Å². The Morgan fingerprint density at radius 1 is 1.57 bits per heavy atom. The van der Waals surface area contributed by atoms with Crippen LogP contribution in [0, 0.1) is 5.41 Å². The zero-order chi connectivity index (χ0) is 10.6. The Kier molecular flexibility index (Phi) is 4.32. The van der Waals surface area contributed by atoms with Crippen LogP contribution in [0.25, 0.3) is 0 Å². The van der Waals surface area contributed by atoms with Crippen LogP contribution < -0.4 is 0 Å². The molecule has 0 bridgehead atoms. The molecule has 0 aromatic carbocycles. The van der Waals surface area contributed by atoms with Crippen molar-refractivity contribution in [2.45, 2.75) is 13.3 Å². The molecule has 0 amide bonds. The maximum absolute atomic E-state index is 4.34. The maximum atomic E-state index is 4.34. The van der Waals surface area contributed by atoms with Crippen LogP contribution in [0.2, 0.25) is 0 Å². The number of nitrogens with zero attached hydrogens (tertiary/aromatic N) is 1. The molecule has 76 valence electrons. The molecular weight excluding hydrogens is 306 g/mol. The first-order valence-electron chi connectivity index (χ1n) is 4.39. The summed E-state index contributed by atoms with van der Waals surface area (Å²) >= 11 is 6.86. The molecule has 0 radical (unpaired) electrons. The SMILES string of the molecule is C=CC(C)(CBr)Cc1ccc(Br)cn1. The monoisotopic (exact) mass is 317 g/mol. The molecule has 0 aliphatic carbocycles. The predicted octanol–water partition coefficient (Wildman–Crippen LogP) is 3.97. The van der Waals surface area contributed by atoms with Crippen LogP contribution >= 0.6 is 31.9 Å². The minimum atomic E-state index is 0.0842. The third-order valence-electron chi connectivity index (χ3n) is 2.17. The molecule has 0 fully saturated rings. The van der Waals surface area contributed by atoms with Gasteiger partial charge in [-0.05, 0) is 34.5 Å². The summed E-state index contributed by atoms with van der Waals surface area (Å²) in [6.45, 7) is 6.02. The highest BCUT2D eigenvalue weighted by Crippen LogP contribution is 2.25. The van der Waals surface area contributed by atoms with Gasteiger partial charge in [-0.1, -0.05) is 28.9 Å². The molecule has 1 aromatic heterocycles. The first kappa shape index (κ1) is 11.9. The van der Waals surface area contributed by atoms with Crippen molar-refractivity contribution in [3.63, 3.8) is 0 Å². The highest BCUT2D eigenvalue weighted by Gasteiger charge is 2.19. The number of allylic oxidation sites excluding steroid dienone is 1. The van der Waals surface area contributed by atoms with Gasteiger partial charge in [0.1, 0.15) is 0 Å². The summed E-state index contributed by atoms with van der Waals surface area (Å²) in [6.07, 6.45) is 4.72. The second kappa shape index (κ2) is 5.08. The molecule has 1 unspecified atom stereocenters. The molecule has 1 rings (SSSR count). The lowest BCUT2D eigenvalue weighted by Crippen LogP contribution is -2.18. The summed E-state index contributed by atoms with van der Waals surface area (Å²) in [7, 11) is 0. The van der Waals surface area contributed by atoms with Crippen molar-refractivity contribution >= 4 is 31.9 Å². The van der Waals surface area contributed by atoms with Crippen molar-refractivity contribution in [3.8, 4) is 0 Å². The van der Waals surface area contributed by atoms with Gasteiger partial charge in [0.25, 0.3) is 0 Å². The lowest BCUT2D eigenvalue weighted by Gasteiger charge is -2.22.